The summed E-state index contributed by atoms with van der Waals surface area (Å²) in [7, 11) is 1.66. The lowest BCUT2D eigenvalue weighted by Gasteiger charge is -2.16. The maximum atomic E-state index is 12.0. The van der Waals surface area contributed by atoms with E-state index in [1.807, 2.05) is 61.5 Å². The minimum absolute atomic E-state index is 0.0110. The van der Waals surface area contributed by atoms with Gasteiger partial charge in [-0.3, -0.25) is 4.79 Å². The zero-order valence-corrected chi connectivity index (χ0v) is 12.5. The third kappa shape index (κ3) is 4.72. The molecule has 1 atom stereocenters. The minimum atomic E-state index is -0.117. The van der Waals surface area contributed by atoms with Gasteiger partial charge in [-0.2, -0.15) is 0 Å². The first-order valence-corrected chi connectivity index (χ1v) is 7.09. The van der Waals surface area contributed by atoms with Crippen LogP contribution in [0.25, 0.3) is 0 Å². The predicted octanol–water partition coefficient (Wildman–Crippen LogP) is 3.04. The third-order valence-corrected chi connectivity index (χ3v) is 3.43. The summed E-state index contributed by atoms with van der Waals surface area (Å²) < 4.78 is 5.44. The van der Waals surface area contributed by atoms with Crippen molar-refractivity contribution in [2.45, 2.75) is 19.4 Å². The van der Waals surface area contributed by atoms with Crippen molar-refractivity contribution in [3.05, 3.63) is 71.3 Å². The van der Waals surface area contributed by atoms with Gasteiger partial charge in [0.25, 0.3) is 0 Å². The Morgan fingerprint density at radius 1 is 1.10 bits per heavy atom. The summed E-state index contributed by atoms with van der Waals surface area (Å²) >= 11 is 0. The Labute approximate surface area is 126 Å². The van der Waals surface area contributed by atoms with Crippen LogP contribution < -0.4 is 5.32 Å². The molecule has 0 aromatic heterocycles. The van der Waals surface area contributed by atoms with Crippen LogP contribution in [0.2, 0.25) is 0 Å². The summed E-state index contributed by atoms with van der Waals surface area (Å²) in [6.07, 6.45) is 0.277. The molecule has 0 saturated carbocycles. The predicted molar refractivity (Wildman–Crippen MR) is 84.1 cm³/mol. The fraction of sp³-hybridized carbons (Fsp3) is 0.278. The topological polar surface area (TPSA) is 38.3 Å². The molecule has 1 amide bonds. The third-order valence-electron chi connectivity index (χ3n) is 3.43. The van der Waals surface area contributed by atoms with E-state index < -0.39 is 0 Å². The SMILES string of the molecule is COC(CNC(=O)Cc1ccc(C)cc1)c1ccccc1. The van der Waals surface area contributed by atoms with E-state index in [-0.39, 0.29) is 12.0 Å². The van der Waals surface area contributed by atoms with Crippen LogP contribution in [0.1, 0.15) is 22.8 Å². The van der Waals surface area contributed by atoms with Crippen LogP contribution in [0.5, 0.6) is 0 Å². The number of hydrogen-bond donors (Lipinski definition) is 1. The van der Waals surface area contributed by atoms with Gasteiger partial charge in [0.2, 0.25) is 5.91 Å². The summed E-state index contributed by atoms with van der Waals surface area (Å²) in [6.45, 7) is 2.51. The van der Waals surface area contributed by atoms with Crippen LogP contribution >= 0.6 is 0 Å². The molecule has 1 N–H and O–H groups in total. The van der Waals surface area contributed by atoms with Crippen molar-refractivity contribution >= 4 is 5.91 Å². The molecule has 3 heteroatoms. The number of hydrogen-bond acceptors (Lipinski definition) is 2. The maximum absolute atomic E-state index is 12.0. The van der Waals surface area contributed by atoms with E-state index in [4.69, 9.17) is 4.74 Å². The van der Waals surface area contributed by atoms with Gasteiger partial charge in [0.1, 0.15) is 0 Å². The van der Waals surface area contributed by atoms with E-state index in [2.05, 4.69) is 5.32 Å². The first kappa shape index (κ1) is 15.3. The molecule has 2 aromatic rings. The van der Waals surface area contributed by atoms with Crippen LogP contribution in [0, 0.1) is 6.92 Å². The molecular weight excluding hydrogens is 262 g/mol. The number of carbonyl (C=O) groups excluding carboxylic acids is 1. The Balaban J connectivity index is 1.86. The van der Waals surface area contributed by atoms with Crippen molar-refractivity contribution in [2.24, 2.45) is 0 Å². The van der Waals surface area contributed by atoms with E-state index in [1.165, 1.54) is 5.56 Å². The second kappa shape index (κ2) is 7.60. The number of ether oxygens (including phenoxy) is 1. The minimum Gasteiger partial charge on any atom is -0.375 e. The lowest BCUT2D eigenvalue weighted by molar-refractivity contribution is -0.121. The molecule has 0 heterocycles. The lowest BCUT2D eigenvalue weighted by atomic mass is 10.1. The van der Waals surface area contributed by atoms with E-state index in [9.17, 15) is 4.79 Å². The Bertz CT molecular complexity index is 564. The van der Waals surface area contributed by atoms with E-state index in [1.54, 1.807) is 7.11 Å². The van der Waals surface area contributed by atoms with E-state index in [0.717, 1.165) is 11.1 Å². The fourth-order valence-electron chi connectivity index (χ4n) is 2.17. The Hall–Kier alpha value is -2.13. The van der Waals surface area contributed by atoms with Gasteiger partial charge in [0.15, 0.2) is 0 Å². The van der Waals surface area contributed by atoms with Crippen molar-refractivity contribution in [3.8, 4) is 0 Å². The van der Waals surface area contributed by atoms with Crippen LogP contribution in [-0.2, 0) is 16.0 Å². The first-order valence-electron chi connectivity index (χ1n) is 7.09. The molecule has 0 aliphatic heterocycles. The summed E-state index contributed by atoms with van der Waals surface area (Å²) in [5, 5.41) is 2.93. The molecule has 0 saturated heterocycles. The molecule has 0 bridgehead atoms. The summed E-state index contributed by atoms with van der Waals surface area (Å²) in [5.74, 6) is 0.0110. The Morgan fingerprint density at radius 3 is 2.38 bits per heavy atom. The van der Waals surface area contributed by atoms with Crippen molar-refractivity contribution in [1.82, 2.24) is 5.32 Å². The van der Waals surface area contributed by atoms with Crippen LogP contribution in [0.4, 0.5) is 0 Å². The van der Waals surface area contributed by atoms with Gasteiger partial charge in [-0.25, -0.2) is 0 Å². The highest BCUT2D eigenvalue weighted by molar-refractivity contribution is 5.78. The largest absolute Gasteiger partial charge is 0.375 e. The molecule has 0 fully saturated rings. The fourth-order valence-corrected chi connectivity index (χ4v) is 2.17. The highest BCUT2D eigenvalue weighted by Crippen LogP contribution is 2.14. The zero-order valence-electron chi connectivity index (χ0n) is 12.5. The quantitative estimate of drug-likeness (QED) is 0.885. The zero-order chi connectivity index (χ0) is 15.1. The maximum Gasteiger partial charge on any atom is 0.224 e. The molecule has 0 aliphatic carbocycles. The second-order valence-electron chi connectivity index (χ2n) is 5.10. The van der Waals surface area contributed by atoms with Crippen LogP contribution in [0.15, 0.2) is 54.6 Å². The van der Waals surface area contributed by atoms with Crippen molar-refractivity contribution in [2.75, 3.05) is 13.7 Å². The molecule has 0 spiro atoms. The van der Waals surface area contributed by atoms with Crippen LogP contribution in [-0.4, -0.2) is 19.6 Å². The van der Waals surface area contributed by atoms with Gasteiger partial charge in [-0.1, -0.05) is 60.2 Å². The number of benzene rings is 2. The summed E-state index contributed by atoms with van der Waals surface area (Å²) in [4.78, 5) is 12.0. The monoisotopic (exact) mass is 283 g/mol. The molecule has 0 aliphatic rings. The number of aryl methyl sites for hydroxylation is 1. The number of amides is 1. The number of rotatable bonds is 6. The summed E-state index contributed by atoms with van der Waals surface area (Å²) in [5.41, 5.74) is 3.28. The first-order chi connectivity index (χ1) is 10.2. The van der Waals surface area contributed by atoms with Crippen LogP contribution in [0.3, 0.4) is 0 Å². The number of nitrogens with one attached hydrogen (secondary N) is 1. The van der Waals surface area contributed by atoms with Crippen molar-refractivity contribution < 1.29 is 9.53 Å². The molecule has 21 heavy (non-hydrogen) atoms. The highest BCUT2D eigenvalue weighted by Gasteiger charge is 2.11. The van der Waals surface area contributed by atoms with E-state index >= 15 is 0 Å². The number of methoxy groups -OCH3 is 1. The number of carbonyl (C=O) groups is 1. The van der Waals surface area contributed by atoms with Gasteiger partial charge in [-0.05, 0) is 18.1 Å². The Morgan fingerprint density at radius 2 is 1.76 bits per heavy atom. The standard InChI is InChI=1S/C18H21NO2/c1-14-8-10-15(11-9-14)12-18(20)19-13-17(21-2)16-6-4-3-5-7-16/h3-11,17H,12-13H2,1-2H3,(H,19,20). The Kier molecular flexibility index (Phi) is 5.52. The van der Waals surface area contributed by atoms with Gasteiger partial charge in [0.05, 0.1) is 12.5 Å². The normalized spacial score (nSPS) is 11.9. The average Bonchev–Trinajstić information content (AvgIpc) is 2.51. The van der Waals surface area contributed by atoms with Crippen molar-refractivity contribution in [3.63, 3.8) is 0 Å². The average molecular weight is 283 g/mol. The van der Waals surface area contributed by atoms with Gasteiger partial charge in [-0.15, -0.1) is 0 Å². The molecule has 1 unspecified atom stereocenters. The molecular formula is C18H21NO2. The highest BCUT2D eigenvalue weighted by atomic mass is 16.5. The van der Waals surface area contributed by atoms with E-state index in [0.29, 0.717) is 13.0 Å². The van der Waals surface area contributed by atoms with Gasteiger partial charge < -0.3 is 10.1 Å². The second-order valence-corrected chi connectivity index (χ2v) is 5.10. The molecule has 0 radical (unpaired) electrons. The smallest absolute Gasteiger partial charge is 0.224 e. The van der Waals surface area contributed by atoms with Gasteiger partial charge >= 0.3 is 0 Å². The molecule has 110 valence electrons. The molecule has 3 nitrogen and oxygen atoms in total. The molecule has 2 aromatic carbocycles. The van der Waals surface area contributed by atoms with Gasteiger partial charge in [0, 0.05) is 13.7 Å². The van der Waals surface area contributed by atoms with Crippen molar-refractivity contribution in [1.29, 1.82) is 0 Å². The summed E-state index contributed by atoms with van der Waals surface area (Å²) in [6, 6.07) is 17.9. The molecule has 2 rings (SSSR count). The lowest BCUT2D eigenvalue weighted by Crippen LogP contribution is -2.30.